The molecule has 0 aliphatic rings. The number of halogens is 3. The van der Waals surface area contributed by atoms with Gasteiger partial charge in [-0.1, -0.05) is 45.9 Å². The molecule has 0 saturated carbocycles. The molecule has 0 bridgehead atoms. The first-order valence-corrected chi connectivity index (χ1v) is 7.51. The van der Waals surface area contributed by atoms with Crippen molar-refractivity contribution in [1.82, 2.24) is 5.32 Å². The Bertz CT molecular complexity index is 432. The maximum Gasteiger partial charge on any atom is 0.416 e. The summed E-state index contributed by atoms with van der Waals surface area (Å²) in [7, 11) is 0. The van der Waals surface area contributed by atoms with Crippen molar-refractivity contribution in [2.24, 2.45) is 5.41 Å². The van der Waals surface area contributed by atoms with Gasteiger partial charge in [0.15, 0.2) is 0 Å². The number of hydrogen-bond donors (Lipinski definition) is 1. The Morgan fingerprint density at radius 2 is 1.81 bits per heavy atom. The molecule has 0 aliphatic carbocycles. The van der Waals surface area contributed by atoms with Gasteiger partial charge in [0.1, 0.15) is 0 Å². The van der Waals surface area contributed by atoms with E-state index in [-0.39, 0.29) is 11.5 Å². The minimum atomic E-state index is -4.27. The largest absolute Gasteiger partial charge is 0.416 e. The van der Waals surface area contributed by atoms with Crippen molar-refractivity contribution in [2.75, 3.05) is 6.54 Å². The number of hydrogen-bond acceptors (Lipinski definition) is 1. The molecule has 1 N–H and O–H groups in total. The fraction of sp³-hybridized carbons (Fsp3) is 0.647. The number of alkyl halides is 3. The second-order valence-electron chi connectivity index (χ2n) is 6.76. The van der Waals surface area contributed by atoms with Crippen LogP contribution in [-0.2, 0) is 12.6 Å². The minimum Gasteiger partial charge on any atom is -0.314 e. The highest BCUT2D eigenvalue weighted by Gasteiger charge is 2.30. The lowest BCUT2D eigenvalue weighted by Gasteiger charge is -2.24. The van der Waals surface area contributed by atoms with Gasteiger partial charge >= 0.3 is 6.18 Å². The molecule has 1 aromatic carbocycles. The molecule has 1 nitrogen and oxygen atoms in total. The lowest BCUT2D eigenvalue weighted by atomic mass is 9.87. The summed E-state index contributed by atoms with van der Waals surface area (Å²) in [6.45, 7) is 9.39. The molecular formula is C17H26F3N. The first kappa shape index (κ1) is 18.0. The van der Waals surface area contributed by atoms with Crippen LogP contribution in [0.4, 0.5) is 13.2 Å². The van der Waals surface area contributed by atoms with E-state index in [1.807, 2.05) is 6.92 Å². The van der Waals surface area contributed by atoms with E-state index in [0.29, 0.717) is 6.42 Å². The van der Waals surface area contributed by atoms with Gasteiger partial charge in [-0.15, -0.1) is 0 Å². The molecule has 120 valence electrons. The lowest BCUT2D eigenvalue weighted by molar-refractivity contribution is -0.137. The molecule has 1 aromatic rings. The molecule has 0 aliphatic heterocycles. The molecule has 0 amide bonds. The normalized spacial score (nSPS) is 14.2. The highest BCUT2D eigenvalue weighted by molar-refractivity contribution is 5.26. The van der Waals surface area contributed by atoms with Gasteiger partial charge in [0.2, 0.25) is 0 Å². The van der Waals surface area contributed by atoms with Gasteiger partial charge in [0.05, 0.1) is 5.56 Å². The van der Waals surface area contributed by atoms with Crippen molar-refractivity contribution in [3.8, 4) is 0 Å². The van der Waals surface area contributed by atoms with Crippen LogP contribution in [0.5, 0.6) is 0 Å². The van der Waals surface area contributed by atoms with Crippen LogP contribution < -0.4 is 5.32 Å². The van der Waals surface area contributed by atoms with Gasteiger partial charge in [-0.05, 0) is 42.9 Å². The standard InChI is InChI=1S/C17H26F3N/c1-5-21-15(9-10-16(2,3)4)12-13-7-6-8-14(11-13)17(18,19)20/h6-8,11,15,21H,5,9-10,12H2,1-4H3. The van der Waals surface area contributed by atoms with E-state index in [4.69, 9.17) is 0 Å². The van der Waals surface area contributed by atoms with Crippen LogP contribution in [0.3, 0.4) is 0 Å². The van der Waals surface area contributed by atoms with Crippen LogP contribution in [0.15, 0.2) is 24.3 Å². The summed E-state index contributed by atoms with van der Waals surface area (Å²) in [6, 6.07) is 5.88. The SMILES string of the molecule is CCNC(CCC(C)(C)C)Cc1cccc(C(F)(F)F)c1. The molecule has 21 heavy (non-hydrogen) atoms. The first-order valence-electron chi connectivity index (χ1n) is 7.51. The van der Waals surface area contributed by atoms with Crippen LogP contribution in [0, 0.1) is 5.41 Å². The van der Waals surface area contributed by atoms with E-state index in [0.717, 1.165) is 31.0 Å². The summed E-state index contributed by atoms with van der Waals surface area (Å²) in [6.07, 6.45) is -1.62. The zero-order valence-electron chi connectivity index (χ0n) is 13.3. The maximum absolute atomic E-state index is 12.7. The molecule has 0 radical (unpaired) electrons. The quantitative estimate of drug-likeness (QED) is 0.775. The van der Waals surface area contributed by atoms with Crippen LogP contribution >= 0.6 is 0 Å². The summed E-state index contributed by atoms with van der Waals surface area (Å²) < 4.78 is 38.2. The summed E-state index contributed by atoms with van der Waals surface area (Å²) in [5.41, 5.74) is 0.414. The third-order valence-corrected chi connectivity index (χ3v) is 3.47. The van der Waals surface area contributed by atoms with Crippen LogP contribution in [0.25, 0.3) is 0 Å². The number of nitrogens with one attached hydrogen (secondary N) is 1. The second-order valence-corrected chi connectivity index (χ2v) is 6.76. The predicted molar refractivity (Wildman–Crippen MR) is 81.3 cm³/mol. The van der Waals surface area contributed by atoms with Gasteiger partial charge < -0.3 is 5.32 Å². The molecule has 0 spiro atoms. The number of benzene rings is 1. The van der Waals surface area contributed by atoms with E-state index >= 15 is 0 Å². The predicted octanol–water partition coefficient (Wildman–Crippen LogP) is 5.05. The zero-order chi connectivity index (χ0) is 16.1. The Hall–Kier alpha value is -1.03. The highest BCUT2D eigenvalue weighted by atomic mass is 19.4. The van der Waals surface area contributed by atoms with Crippen molar-refractivity contribution >= 4 is 0 Å². The molecular weight excluding hydrogens is 275 g/mol. The molecule has 0 saturated heterocycles. The molecule has 0 fully saturated rings. The van der Waals surface area contributed by atoms with Gasteiger partial charge in [0, 0.05) is 6.04 Å². The van der Waals surface area contributed by atoms with Crippen molar-refractivity contribution in [2.45, 2.75) is 59.2 Å². The Kier molecular flexibility index (Phi) is 6.26. The summed E-state index contributed by atoms with van der Waals surface area (Å²) >= 11 is 0. The average molecular weight is 301 g/mol. The molecule has 0 aromatic heterocycles. The fourth-order valence-corrected chi connectivity index (χ4v) is 2.33. The molecule has 4 heteroatoms. The van der Waals surface area contributed by atoms with Crippen molar-refractivity contribution in [3.63, 3.8) is 0 Å². The van der Waals surface area contributed by atoms with E-state index in [2.05, 4.69) is 26.1 Å². The smallest absolute Gasteiger partial charge is 0.314 e. The monoisotopic (exact) mass is 301 g/mol. The highest BCUT2D eigenvalue weighted by Crippen LogP contribution is 2.30. The summed E-state index contributed by atoms with van der Waals surface area (Å²) in [5.74, 6) is 0. The Balaban J connectivity index is 2.75. The maximum atomic E-state index is 12.7. The van der Waals surface area contributed by atoms with Crippen LogP contribution in [-0.4, -0.2) is 12.6 Å². The third-order valence-electron chi connectivity index (χ3n) is 3.47. The summed E-state index contributed by atoms with van der Waals surface area (Å²) in [4.78, 5) is 0. The molecule has 1 rings (SSSR count). The molecule has 0 heterocycles. The average Bonchev–Trinajstić information content (AvgIpc) is 2.35. The first-order chi connectivity index (χ1) is 9.62. The second kappa shape index (κ2) is 7.30. The minimum absolute atomic E-state index is 0.220. The number of rotatable bonds is 6. The van der Waals surface area contributed by atoms with Gasteiger partial charge in [-0.25, -0.2) is 0 Å². The van der Waals surface area contributed by atoms with Crippen LogP contribution in [0.1, 0.15) is 51.7 Å². The van der Waals surface area contributed by atoms with Crippen LogP contribution in [0.2, 0.25) is 0 Å². The van der Waals surface area contributed by atoms with Crippen molar-refractivity contribution in [1.29, 1.82) is 0 Å². The van der Waals surface area contributed by atoms with Crippen molar-refractivity contribution < 1.29 is 13.2 Å². The molecule has 1 unspecified atom stereocenters. The third kappa shape index (κ3) is 6.98. The van der Waals surface area contributed by atoms with Gasteiger partial charge in [-0.2, -0.15) is 13.2 Å². The van der Waals surface area contributed by atoms with Crippen molar-refractivity contribution in [3.05, 3.63) is 35.4 Å². The lowest BCUT2D eigenvalue weighted by Crippen LogP contribution is -2.32. The van der Waals surface area contributed by atoms with E-state index in [9.17, 15) is 13.2 Å². The molecule has 1 atom stereocenters. The Morgan fingerprint density at radius 1 is 1.14 bits per heavy atom. The summed E-state index contributed by atoms with van der Waals surface area (Å²) in [5, 5.41) is 3.38. The number of likely N-dealkylation sites (N-methyl/N-ethyl adjacent to an activating group) is 1. The van der Waals surface area contributed by atoms with E-state index in [1.54, 1.807) is 6.07 Å². The van der Waals surface area contributed by atoms with Gasteiger partial charge in [-0.3, -0.25) is 0 Å². The zero-order valence-corrected chi connectivity index (χ0v) is 13.3. The van der Waals surface area contributed by atoms with Gasteiger partial charge in [0.25, 0.3) is 0 Å². The van der Waals surface area contributed by atoms with E-state index < -0.39 is 11.7 Å². The Morgan fingerprint density at radius 3 is 2.33 bits per heavy atom. The topological polar surface area (TPSA) is 12.0 Å². The van der Waals surface area contributed by atoms with E-state index in [1.165, 1.54) is 12.1 Å². The fourth-order valence-electron chi connectivity index (χ4n) is 2.33. The Labute approximate surface area is 125 Å².